The summed E-state index contributed by atoms with van der Waals surface area (Å²) in [6.07, 6.45) is 8.61. The monoisotopic (exact) mass is 281 g/mol. The largest absolute Gasteiger partial charge is 0.481 e. The zero-order valence-electron chi connectivity index (χ0n) is 12.5. The Morgan fingerprint density at radius 1 is 1.15 bits per heavy atom. The van der Waals surface area contributed by atoms with Crippen LogP contribution in [0.25, 0.3) is 0 Å². The molecule has 0 aromatic rings. The van der Waals surface area contributed by atoms with Gasteiger partial charge >= 0.3 is 5.97 Å². The molecule has 2 aliphatic carbocycles. The summed E-state index contributed by atoms with van der Waals surface area (Å²) in [7, 11) is 0. The van der Waals surface area contributed by atoms with Gasteiger partial charge in [-0.25, -0.2) is 0 Å². The van der Waals surface area contributed by atoms with E-state index in [2.05, 4.69) is 12.2 Å². The van der Waals surface area contributed by atoms with Crippen molar-refractivity contribution in [2.24, 2.45) is 17.3 Å². The van der Waals surface area contributed by atoms with Crippen molar-refractivity contribution in [1.82, 2.24) is 5.32 Å². The van der Waals surface area contributed by atoms with E-state index in [-0.39, 0.29) is 5.91 Å². The molecule has 0 aliphatic heterocycles. The van der Waals surface area contributed by atoms with E-state index in [1.165, 1.54) is 12.8 Å². The van der Waals surface area contributed by atoms with Gasteiger partial charge in [-0.1, -0.05) is 19.8 Å². The maximum absolute atomic E-state index is 12.0. The number of rotatable bonds is 5. The maximum atomic E-state index is 12.0. The fraction of sp³-hybridized carbons (Fsp3) is 0.875. The lowest BCUT2D eigenvalue weighted by Gasteiger charge is -2.35. The highest BCUT2D eigenvalue weighted by atomic mass is 16.4. The van der Waals surface area contributed by atoms with E-state index >= 15 is 0 Å². The van der Waals surface area contributed by atoms with Crippen molar-refractivity contribution in [3.63, 3.8) is 0 Å². The highest BCUT2D eigenvalue weighted by molar-refractivity contribution is 5.79. The highest BCUT2D eigenvalue weighted by Crippen LogP contribution is 2.38. The Kier molecular flexibility index (Phi) is 5.06. The summed E-state index contributed by atoms with van der Waals surface area (Å²) in [6, 6.07) is 0. The van der Waals surface area contributed by atoms with Crippen molar-refractivity contribution in [3.05, 3.63) is 0 Å². The first-order chi connectivity index (χ1) is 9.52. The molecule has 0 heterocycles. The minimum absolute atomic E-state index is 0.0381. The summed E-state index contributed by atoms with van der Waals surface area (Å²) in [5, 5.41) is 12.4. The van der Waals surface area contributed by atoms with Gasteiger partial charge in [-0.2, -0.15) is 0 Å². The highest BCUT2D eigenvalue weighted by Gasteiger charge is 2.41. The lowest BCUT2D eigenvalue weighted by atomic mass is 9.71. The number of nitrogens with one attached hydrogen (secondary N) is 1. The van der Waals surface area contributed by atoms with Gasteiger partial charge in [0, 0.05) is 13.0 Å². The zero-order valence-corrected chi connectivity index (χ0v) is 12.5. The van der Waals surface area contributed by atoms with Crippen LogP contribution < -0.4 is 5.32 Å². The summed E-state index contributed by atoms with van der Waals surface area (Å²) in [4.78, 5) is 23.6. The standard InChI is InChI=1S/C16H27NO3/c1-12-6-8-16(9-7-12,15(19)20)11-17-14(18)10-13-4-2-3-5-13/h12-13H,2-11H2,1H3,(H,17,18)(H,19,20). The lowest BCUT2D eigenvalue weighted by Crippen LogP contribution is -2.45. The van der Waals surface area contributed by atoms with Crippen molar-refractivity contribution >= 4 is 11.9 Å². The molecule has 2 fully saturated rings. The number of hydrogen-bond donors (Lipinski definition) is 2. The SMILES string of the molecule is CC1CCC(CNC(=O)CC2CCCC2)(C(=O)O)CC1. The van der Waals surface area contributed by atoms with Gasteiger partial charge in [0.2, 0.25) is 5.91 Å². The second kappa shape index (κ2) is 6.59. The summed E-state index contributed by atoms with van der Waals surface area (Å²) >= 11 is 0. The van der Waals surface area contributed by atoms with Crippen molar-refractivity contribution in [3.8, 4) is 0 Å². The molecule has 0 saturated heterocycles. The van der Waals surface area contributed by atoms with Crippen LogP contribution >= 0.6 is 0 Å². The van der Waals surface area contributed by atoms with Gasteiger partial charge in [0.1, 0.15) is 0 Å². The predicted molar refractivity (Wildman–Crippen MR) is 77.3 cm³/mol. The summed E-state index contributed by atoms with van der Waals surface area (Å²) in [6.45, 7) is 2.48. The van der Waals surface area contributed by atoms with Crippen LogP contribution in [-0.2, 0) is 9.59 Å². The molecule has 0 aromatic heterocycles. The van der Waals surface area contributed by atoms with Crippen LogP contribution in [0.15, 0.2) is 0 Å². The molecule has 0 unspecified atom stereocenters. The molecule has 0 radical (unpaired) electrons. The second-order valence-electron chi connectivity index (χ2n) is 6.90. The molecule has 1 amide bonds. The van der Waals surface area contributed by atoms with E-state index in [9.17, 15) is 14.7 Å². The van der Waals surface area contributed by atoms with Gasteiger partial charge in [-0.3, -0.25) is 9.59 Å². The summed E-state index contributed by atoms with van der Waals surface area (Å²) in [5.41, 5.74) is -0.724. The third-order valence-corrected chi connectivity index (χ3v) is 5.26. The van der Waals surface area contributed by atoms with Gasteiger partial charge < -0.3 is 10.4 Å². The van der Waals surface area contributed by atoms with Crippen molar-refractivity contribution < 1.29 is 14.7 Å². The number of carboxylic acids is 1. The topological polar surface area (TPSA) is 66.4 Å². The summed E-state index contributed by atoms with van der Waals surface area (Å²) < 4.78 is 0. The third-order valence-electron chi connectivity index (χ3n) is 5.26. The van der Waals surface area contributed by atoms with Gasteiger partial charge in [0.25, 0.3) is 0 Å². The number of carbonyl (C=O) groups is 2. The molecule has 2 aliphatic rings. The van der Waals surface area contributed by atoms with Crippen LogP contribution in [-0.4, -0.2) is 23.5 Å². The molecule has 0 aromatic carbocycles. The van der Waals surface area contributed by atoms with Crippen LogP contribution in [0.4, 0.5) is 0 Å². The molecule has 0 atom stereocenters. The lowest BCUT2D eigenvalue weighted by molar-refractivity contribution is -0.151. The molecule has 20 heavy (non-hydrogen) atoms. The van der Waals surface area contributed by atoms with Crippen LogP contribution in [0.5, 0.6) is 0 Å². The van der Waals surface area contributed by atoms with E-state index in [4.69, 9.17) is 0 Å². The average Bonchev–Trinajstić information content (AvgIpc) is 2.91. The molecular formula is C16H27NO3. The number of aliphatic carboxylic acids is 1. The number of hydrogen-bond acceptors (Lipinski definition) is 2. The number of carbonyl (C=O) groups excluding carboxylic acids is 1. The van der Waals surface area contributed by atoms with Crippen LogP contribution in [0.3, 0.4) is 0 Å². The Bertz CT molecular complexity index is 353. The zero-order chi connectivity index (χ0) is 14.6. The molecule has 2 saturated carbocycles. The predicted octanol–water partition coefficient (Wildman–Crippen LogP) is 2.96. The van der Waals surface area contributed by atoms with Crippen molar-refractivity contribution in [2.45, 2.75) is 64.7 Å². The first-order valence-electron chi connectivity index (χ1n) is 8.02. The van der Waals surface area contributed by atoms with Crippen LogP contribution in [0, 0.1) is 17.3 Å². The van der Waals surface area contributed by atoms with E-state index in [0.29, 0.717) is 37.6 Å². The summed E-state index contributed by atoms with van der Waals surface area (Å²) in [5.74, 6) is 0.417. The molecule has 4 heteroatoms. The van der Waals surface area contributed by atoms with Crippen molar-refractivity contribution in [2.75, 3.05) is 6.54 Å². The molecule has 2 N–H and O–H groups in total. The quantitative estimate of drug-likeness (QED) is 0.814. The van der Waals surface area contributed by atoms with Crippen molar-refractivity contribution in [1.29, 1.82) is 0 Å². The Morgan fingerprint density at radius 3 is 2.30 bits per heavy atom. The smallest absolute Gasteiger partial charge is 0.311 e. The van der Waals surface area contributed by atoms with E-state index < -0.39 is 11.4 Å². The minimum Gasteiger partial charge on any atom is -0.481 e. The van der Waals surface area contributed by atoms with Gasteiger partial charge in [-0.15, -0.1) is 0 Å². The van der Waals surface area contributed by atoms with E-state index in [1.54, 1.807) is 0 Å². The maximum Gasteiger partial charge on any atom is 0.311 e. The van der Waals surface area contributed by atoms with Gasteiger partial charge in [0.05, 0.1) is 5.41 Å². The van der Waals surface area contributed by atoms with Gasteiger partial charge in [0.15, 0.2) is 0 Å². The number of carboxylic acid groups (broad SMARTS) is 1. The first kappa shape index (κ1) is 15.3. The van der Waals surface area contributed by atoms with E-state index in [0.717, 1.165) is 25.7 Å². The van der Waals surface area contributed by atoms with Crippen LogP contribution in [0.1, 0.15) is 64.7 Å². The molecule has 0 spiro atoms. The van der Waals surface area contributed by atoms with Crippen LogP contribution in [0.2, 0.25) is 0 Å². The Hall–Kier alpha value is -1.06. The molecule has 0 bridgehead atoms. The Balaban J connectivity index is 1.82. The average molecular weight is 281 g/mol. The fourth-order valence-corrected chi connectivity index (χ4v) is 3.60. The molecule has 2 rings (SSSR count). The Morgan fingerprint density at radius 2 is 1.75 bits per heavy atom. The van der Waals surface area contributed by atoms with E-state index in [1.807, 2.05) is 0 Å². The van der Waals surface area contributed by atoms with Gasteiger partial charge in [-0.05, 0) is 50.4 Å². The normalized spacial score (nSPS) is 31.1. The molecule has 114 valence electrons. The minimum atomic E-state index is -0.745. The fourth-order valence-electron chi connectivity index (χ4n) is 3.60. The third kappa shape index (κ3) is 3.74. The Labute approximate surface area is 121 Å². The number of amides is 1. The molecule has 4 nitrogen and oxygen atoms in total. The molecular weight excluding hydrogens is 254 g/mol. The second-order valence-corrected chi connectivity index (χ2v) is 6.90. The first-order valence-corrected chi connectivity index (χ1v) is 8.02.